The summed E-state index contributed by atoms with van der Waals surface area (Å²) in [7, 11) is -2.84. The van der Waals surface area contributed by atoms with Crippen LogP contribution in [-0.2, 0) is 24.1 Å². The first-order valence-electron chi connectivity index (χ1n) is 52.6. The van der Waals surface area contributed by atoms with E-state index in [4.69, 9.17) is 132 Å². The number of aromatic nitrogens is 16. The van der Waals surface area contributed by atoms with Crippen molar-refractivity contribution in [3.63, 3.8) is 0 Å². The number of amides is 1. The van der Waals surface area contributed by atoms with Crippen LogP contribution in [0, 0.1) is 88.3 Å². The van der Waals surface area contributed by atoms with Crippen LogP contribution in [0.3, 0.4) is 0 Å². The molecular formula is C107H126Cl8N28O5S. The molecule has 1 amide bonds. The van der Waals surface area contributed by atoms with Crippen LogP contribution in [0.5, 0.6) is 0 Å². The lowest BCUT2D eigenvalue weighted by Crippen LogP contribution is -2.55. The number of piperidine rings is 4. The number of halogens is 8. The van der Waals surface area contributed by atoms with Crippen LogP contribution in [0.2, 0.25) is 40.2 Å². The van der Waals surface area contributed by atoms with Crippen molar-refractivity contribution in [3.05, 3.63) is 183 Å². The van der Waals surface area contributed by atoms with E-state index < -0.39 is 9.84 Å². The lowest BCUT2D eigenvalue weighted by atomic mass is 9.80. The number of anilines is 4. The predicted molar refractivity (Wildman–Crippen MR) is 584 cm³/mol. The minimum atomic E-state index is -2.84. The van der Waals surface area contributed by atoms with Crippen molar-refractivity contribution >= 4 is 176 Å². The largest absolute Gasteiger partial charge is 0.381 e. The van der Waals surface area contributed by atoms with Crippen molar-refractivity contribution in [2.24, 2.45) is 47.3 Å². The van der Waals surface area contributed by atoms with E-state index in [1.807, 2.05) is 81.0 Å². The van der Waals surface area contributed by atoms with Crippen molar-refractivity contribution in [2.75, 3.05) is 175 Å². The van der Waals surface area contributed by atoms with Gasteiger partial charge in [0.1, 0.15) is 73.4 Å². The summed E-state index contributed by atoms with van der Waals surface area (Å²) in [5.74, 6) is 9.36. The highest BCUT2D eigenvalue weighted by atomic mass is 35.5. The van der Waals surface area contributed by atoms with Crippen molar-refractivity contribution < 1.29 is 22.7 Å². The Labute approximate surface area is 909 Å². The number of nitriles is 3. The quantitative estimate of drug-likeness (QED) is 0.0658. The summed E-state index contributed by atoms with van der Waals surface area (Å²) in [6.45, 7) is 33.8. The van der Waals surface area contributed by atoms with Gasteiger partial charge in [0, 0.05) is 183 Å². The van der Waals surface area contributed by atoms with Crippen LogP contribution in [-0.4, -0.2) is 287 Å². The number of likely N-dealkylation sites (tertiary alicyclic amines) is 4. The molecule has 0 radical (unpaired) electrons. The van der Waals surface area contributed by atoms with Gasteiger partial charge in [-0.1, -0.05) is 117 Å². The molecule has 11 saturated heterocycles. The molecule has 11 fully saturated rings. The van der Waals surface area contributed by atoms with Crippen LogP contribution in [0.15, 0.2) is 97.6 Å². The molecular weight excluding hydrogens is 2070 g/mol. The number of aryl methyl sites for hydroxylation is 1. The van der Waals surface area contributed by atoms with Crippen molar-refractivity contribution in [1.82, 2.24) is 104 Å². The van der Waals surface area contributed by atoms with Gasteiger partial charge in [0.05, 0.1) is 66.2 Å². The number of hydrogen-bond donors (Lipinski definition) is 1. The summed E-state index contributed by atoms with van der Waals surface area (Å²) in [6, 6.07) is 29.1. The fourth-order valence-corrected chi connectivity index (χ4v) is 28.0. The summed E-state index contributed by atoms with van der Waals surface area (Å²) in [6.07, 6.45) is 23.4. The average molecular weight is 2200 g/mol. The number of carbonyl (C=O) groups excluding carboxylic acids is 1. The maximum atomic E-state index is 11.9. The molecule has 149 heavy (non-hydrogen) atoms. The van der Waals surface area contributed by atoms with Crippen LogP contribution in [0.4, 0.5) is 23.3 Å². The molecule has 1 N–H and O–H groups in total. The van der Waals surface area contributed by atoms with Crippen LogP contribution >= 0.6 is 92.8 Å². The lowest BCUT2D eigenvalue weighted by molar-refractivity contribution is -0.119. The van der Waals surface area contributed by atoms with E-state index in [-0.39, 0.29) is 47.2 Å². The molecule has 0 aliphatic carbocycles. The summed E-state index contributed by atoms with van der Waals surface area (Å²) >= 11 is 50.3. The van der Waals surface area contributed by atoms with Crippen molar-refractivity contribution in [1.29, 1.82) is 15.8 Å². The van der Waals surface area contributed by atoms with Crippen LogP contribution in [0.1, 0.15) is 194 Å². The van der Waals surface area contributed by atoms with E-state index in [1.165, 1.54) is 71.1 Å². The summed E-state index contributed by atoms with van der Waals surface area (Å²) in [5.41, 5.74) is 9.97. The van der Waals surface area contributed by atoms with E-state index in [2.05, 4.69) is 99.9 Å². The van der Waals surface area contributed by atoms with Gasteiger partial charge in [0.2, 0.25) is 5.91 Å². The molecule has 33 nitrogen and oxygen atoms in total. The van der Waals surface area contributed by atoms with E-state index in [9.17, 15) is 29.0 Å². The average Bonchev–Trinajstić information content (AvgIpc) is 1.64. The molecule has 4 aromatic carbocycles. The third-order valence-electron chi connectivity index (χ3n) is 33.0. The maximum Gasteiger partial charge on any atom is 0.216 e. The zero-order valence-corrected chi connectivity index (χ0v) is 91.7. The van der Waals surface area contributed by atoms with E-state index in [1.54, 1.807) is 69.9 Å². The minimum Gasteiger partial charge on any atom is -0.381 e. The van der Waals surface area contributed by atoms with E-state index in [0.717, 1.165) is 237 Å². The fourth-order valence-electron chi connectivity index (χ4n) is 24.2. The monoisotopic (exact) mass is 2190 g/mol. The molecule has 0 bridgehead atoms. The molecule has 19 heterocycles. The zero-order chi connectivity index (χ0) is 104. The number of hydrogen-bond acceptors (Lipinski definition) is 28. The number of rotatable bonds is 22. The van der Waals surface area contributed by atoms with Gasteiger partial charge in [-0.2, -0.15) is 36.2 Å². The van der Waals surface area contributed by atoms with E-state index >= 15 is 0 Å². The van der Waals surface area contributed by atoms with Crippen molar-refractivity contribution in [2.45, 2.75) is 174 Å². The molecule has 0 spiro atoms. The van der Waals surface area contributed by atoms with Gasteiger partial charge in [-0.15, -0.1) is 0 Å². The Hall–Kier alpha value is -9.75. The smallest absolute Gasteiger partial charge is 0.216 e. The highest BCUT2D eigenvalue weighted by Gasteiger charge is 2.45. The van der Waals surface area contributed by atoms with Gasteiger partial charge >= 0.3 is 0 Å². The Balaban J connectivity index is 0.000000120. The SMILES string of the molecule is CC(=O)NCCN1CCC[C@H](C2CN(c3cnc4c(C)nn([C@H](C)c5ccc(Cl)cc5Cl)c4n3)C2)C1.C[C@H](c1ccc(Cl)cc1Cl)n1nc(C#N)c2ncc(N3CC([C@@H]4CCCN(C5CCOCC5)C4)C3)nc21.C[C@H](c1ccc(Cl)cc1Cl)n1nc(C#N)c2ncc(N3CC([C@@H]4CCCN(C5CCS(=O)(=O)CC5)C4)C3)nc21.C[C@H](c1ccc(Cl)cc1Cl)n1nc(C#N)c2ncc(N3CC([C@H]4CCCN(C5CCOCC5)C4)C3)nc21. The standard InChI is InChI=1S/C27H31Cl2N7O2S.2C27H31Cl2N7O.C26H33Cl2N7O/c1-17(22-5-4-20(28)11-23(22)29)36-27-26(24(12-30)33-36)31-13-25(32-27)35-15-19(16-35)18-3-2-8-34(14-18)21-6-9-39(37,38)10-7-21;2*1-17(22-5-4-20(28)11-23(22)29)36-27-26(24(12-30)33-36)31-13-25(32-27)35-15-19(16-35)18-3-2-8-34(14-18)21-6-9-37-10-7-21;1-16-25-26(35(32-16)17(2)22-7-6-21(27)11-23(22)28)31-24(12-30-25)34-14-20(15-34)19-5-4-9-33(13-19)10-8-29-18(3)36/h4-5,11,13,17-19,21H,2-3,6-10,14-16H2,1H3;2*4-5,11,13,17-19,21H,2-3,6-10,14-16H2,1H3;6-7,11-12,17,19-20H,4-5,8-10,13-15H2,1-3H3,(H,29,36)/t17-,18-;17-,18+;17-,18-;17-,19+/m1111/s1. The number of carbonyl (C=O) groups is 1. The third kappa shape index (κ3) is 23.5. The topological polar surface area (TPSA) is 353 Å². The number of fused-ring (bicyclic) bond motifs is 4. The van der Waals surface area contributed by atoms with Gasteiger partial charge < -0.3 is 44.2 Å². The van der Waals surface area contributed by atoms with Gasteiger partial charge in [0.25, 0.3) is 0 Å². The van der Waals surface area contributed by atoms with Crippen LogP contribution in [0.25, 0.3) is 44.7 Å². The highest BCUT2D eigenvalue weighted by Crippen LogP contribution is 2.45. The van der Waals surface area contributed by atoms with Gasteiger partial charge in [-0.25, -0.2) is 67.0 Å². The maximum absolute atomic E-state index is 11.9. The second kappa shape index (κ2) is 46.7. The third-order valence-corrected chi connectivity index (χ3v) is 37.0. The summed E-state index contributed by atoms with van der Waals surface area (Å²) < 4.78 is 42.0. The molecule has 0 saturated carbocycles. The second-order valence-corrected chi connectivity index (χ2v) is 48.0. The molecule has 786 valence electrons. The van der Waals surface area contributed by atoms with Gasteiger partial charge in [-0.3, -0.25) is 14.6 Å². The Morgan fingerprint density at radius 2 is 0.678 bits per heavy atom. The predicted octanol–water partition coefficient (Wildman–Crippen LogP) is 18.6. The molecule has 8 atom stereocenters. The molecule has 11 aliphatic heterocycles. The molecule has 23 rings (SSSR count). The number of benzene rings is 4. The highest BCUT2D eigenvalue weighted by molar-refractivity contribution is 7.91. The molecule has 8 aromatic heterocycles. The number of ether oxygens (including phenoxy) is 2. The number of sulfone groups is 1. The Bertz CT molecular complexity index is 6900. The first-order chi connectivity index (χ1) is 72.0. The van der Waals surface area contributed by atoms with E-state index in [0.29, 0.717) is 139 Å². The first kappa shape index (κ1) is 106. The van der Waals surface area contributed by atoms with Gasteiger partial charge in [-0.05, 0) is 269 Å². The molecule has 0 unspecified atom stereocenters. The molecule has 11 aliphatic rings. The summed E-state index contributed by atoms with van der Waals surface area (Å²) in [5, 5.41) is 54.8. The number of nitrogens with zero attached hydrogens (tertiary/aromatic N) is 27. The van der Waals surface area contributed by atoms with Gasteiger partial charge in [0.15, 0.2) is 39.7 Å². The minimum absolute atomic E-state index is 0.0402. The Kier molecular flexibility index (Phi) is 33.3. The first-order valence-corrected chi connectivity index (χ1v) is 57.4. The van der Waals surface area contributed by atoms with Crippen LogP contribution < -0.4 is 24.9 Å². The molecule has 12 aromatic rings. The Morgan fingerprint density at radius 3 is 0.987 bits per heavy atom. The normalized spacial score (nSPS) is 22.2. The zero-order valence-electron chi connectivity index (χ0n) is 84.8. The van der Waals surface area contributed by atoms with Crippen molar-refractivity contribution in [3.8, 4) is 18.2 Å². The summed E-state index contributed by atoms with van der Waals surface area (Å²) in [4.78, 5) is 69.2. The molecule has 42 heteroatoms. The Morgan fingerprint density at radius 1 is 0.389 bits per heavy atom. The number of nitrogens with one attached hydrogen (secondary N) is 1. The fraction of sp³-hybridized carbons (Fsp3) is 0.551. The lowest BCUT2D eigenvalue weighted by Gasteiger charge is -2.48. The second-order valence-electron chi connectivity index (χ2n) is 42.3.